The average Bonchev–Trinajstić information content (AvgIpc) is 3.01. The summed E-state index contributed by atoms with van der Waals surface area (Å²) in [6, 6.07) is 7.33. The van der Waals surface area contributed by atoms with Crippen molar-refractivity contribution in [3.63, 3.8) is 0 Å². The normalized spacial score (nSPS) is 14.7. The largest absolute Gasteiger partial charge is 0.387 e. The molecule has 0 saturated carbocycles. The molecule has 0 amide bonds. The summed E-state index contributed by atoms with van der Waals surface area (Å²) in [6.07, 6.45) is 14.5. The Morgan fingerprint density at radius 1 is 1.32 bits per heavy atom. The Balaban J connectivity index is 2.18. The molecule has 2 rings (SSSR count). The van der Waals surface area contributed by atoms with Gasteiger partial charge in [-0.05, 0) is 37.5 Å². The fraction of sp³-hybridized carbons (Fsp3) is 0.278. The zero-order chi connectivity index (χ0) is 15.8. The van der Waals surface area contributed by atoms with Gasteiger partial charge in [0.25, 0.3) is 0 Å². The highest BCUT2D eigenvalue weighted by Gasteiger charge is 2.20. The number of rotatable bonds is 7. The highest BCUT2D eigenvalue weighted by Crippen LogP contribution is 2.25. The van der Waals surface area contributed by atoms with Gasteiger partial charge in [0.2, 0.25) is 0 Å². The highest BCUT2D eigenvalue weighted by atomic mass is 35.5. The van der Waals surface area contributed by atoms with Crippen LogP contribution in [0.4, 0.5) is 0 Å². The van der Waals surface area contributed by atoms with Gasteiger partial charge in [0.1, 0.15) is 0 Å². The zero-order valence-corrected chi connectivity index (χ0v) is 13.4. The number of nitrogens with zero attached hydrogens (tertiary/aromatic N) is 2. The Morgan fingerprint density at radius 3 is 2.82 bits per heavy atom. The molecule has 116 valence electrons. The van der Waals surface area contributed by atoms with Crippen molar-refractivity contribution < 1.29 is 5.11 Å². The molecule has 0 spiro atoms. The number of aromatic nitrogens is 2. The zero-order valence-electron chi connectivity index (χ0n) is 12.6. The third-order valence-corrected chi connectivity index (χ3v) is 3.66. The molecule has 1 N–H and O–H groups in total. The minimum Gasteiger partial charge on any atom is -0.387 e. The lowest BCUT2D eigenvalue weighted by molar-refractivity contribution is 0.175. The van der Waals surface area contributed by atoms with Gasteiger partial charge in [0.15, 0.2) is 0 Å². The second-order valence-electron chi connectivity index (χ2n) is 5.07. The van der Waals surface area contributed by atoms with Crippen LogP contribution in [0, 0.1) is 0 Å². The summed E-state index contributed by atoms with van der Waals surface area (Å²) in [5.41, 5.74) is 0.955. The van der Waals surface area contributed by atoms with Crippen molar-refractivity contribution in [2.24, 2.45) is 0 Å². The molecule has 0 aliphatic carbocycles. The Labute approximate surface area is 136 Å². The highest BCUT2D eigenvalue weighted by molar-refractivity contribution is 6.30. The molecule has 2 atom stereocenters. The van der Waals surface area contributed by atoms with E-state index >= 15 is 0 Å². The predicted molar refractivity (Wildman–Crippen MR) is 91.0 cm³/mol. The van der Waals surface area contributed by atoms with Crippen LogP contribution < -0.4 is 0 Å². The SMILES string of the molecule is CC=CCCC=CC(O)C(c1cccc(Cl)c1)n1ccnc1. The van der Waals surface area contributed by atoms with Crippen LogP contribution in [0.1, 0.15) is 31.4 Å². The van der Waals surface area contributed by atoms with E-state index in [4.69, 9.17) is 11.6 Å². The third-order valence-electron chi connectivity index (χ3n) is 3.43. The van der Waals surface area contributed by atoms with Crippen molar-refractivity contribution in [2.45, 2.75) is 31.9 Å². The molecule has 1 aromatic carbocycles. The van der Waals surface area contributed by atoms with Crippen LogP contribution in [0.15, 0.2) is 67.3 Å². The number of imidazole rings is 1. The topological polar surface area (TPSA) is 38.0 Å². The molecule has 2 unspecified atom stereocenters. The maximum Gasteiger partial charge on any atom is 0.0970 e. The van der Waals surface area contributed by atoms with Crippen molar-refractivity contribution in [1.82, 2.24) is 9.55 Å². The van der Waals surface area contributed by atoms with E-state index < -0.39 is 6.10 Å². The van der Waals surface area contributed by atoms with Gasteiger partial charge in [-0.1, -0.05) is 48.0 Å². The summed E-state index contributed by atoms with van der Waals surface area (Å²) in [4.78, 5) is 4.08. The Bertz CT molecular complexity index is 620. The molecule has 0 radical (unpaired) electrons. The van der Waals surface area contributed by atoms with Gasteiger partial charge >= 0.3 is 0 Å². The first-order valence-corrected chi connectivity index (χ1v) is 7.79. The molecule has 0 fully saturated rings. The summed E-state index contributed by atoms with van der Waals surface area (Å²) in [5, 5.41) is 11.2. The van der Waals surface area contributed by atoms with E-state index in [9.17, 15) is 5.11 Å². The Kier molecular flexibility index (Phi) is 6.44. The van der Waals surface area contributed by atoms with Gasteiger partial charge < -0.3 is 9.67 Å². The summed E-state index contributed by atoms with van der Waals surface area (Å²) in [6.45, 7) is 2.01. The first-order valence-electron chi connectivity index (χ1n) is 7.41. The molecular weight excluding hydrogens is 296 g/mol. The van der Waals surface area contributed by atoms with E-state index in [1.807, 2.05) is 60.2 Å². The van der Waals surface area contributed by atoms with E-state index in [0.717, 1.165) is 18.4 Å². The fourth-order valence-electron chi connectivity index (χ4n) is 2.37. The monoisotopic (exact) mass is 316 g/mol. The molecule has 22 heavy (non-hydrogen) atoms. The number of benzene rings is 1. The van der Waals surface area contributed by atoms with Crippen LogP contribution in [0.25, 0.3) is 0 Å². The summed E-state index contributed by atoms with van der Waals surface area (Å²) in [5.74, 6) is 0. The molecule has 0 saturated heterocycles. The molecule has 3 nitrogen and oxygen atoms in total. The van der Waals surface area contributed by atoms with Crippen molar-refractivity contribution in [2.75, 3.05) is 0 Å². The van der Waals surface area contributed by atoms with E-state index in [1.54, 1.807) is 12.5 Å². The molecule has 1 aromatic heterocycles. The quantitative estimate of drug-likeness (QED) is 0.607. The van der Waals surface area contributed by atoms with E-state index in [1.165, 1.54) is 0 Å². The van der Waals surface area contributed by atoms with E-state index in [-0.39, 0.29) is 6.04 Å². The maximum absolute atomic E-state index is 10.6. The van der Waals surface area contributed by atoms with Crippen LogP contribution in [-0.2, 0) is 0 Å². The van der Waals surface area contributed by atoms with Gasteiger partial charge in [-0.25, -0.2) is 4.98 Å². The minimum absolute atomic E-state index is 0.237. The van der Waals surface area contributed by atoms with Crippen LogP contribution in [0.2, 0.25) is 5.02 Å². The van der Waals surface area contributed by atoms with Crippen LogP contribution in [0.5, 0.6) is 0 Å². The lowest BCUT2D eigenvalue weighted by atomic mass is 10.0. The second kappa shape index (κ2) is 8.57. The van der Waals surface area contributed by atoms with Gasteiger partial charge in [-0.3, -0.25) is 0 Å². The number of hydrogen-bond donors (Lipinski definition) is 1. The second-order valence-corrected chi connectivity index (χ2v) is 5.51. The van der Waals surface area contributed by atoms with Crippen LogP contribution >= 0.6 is 11.6 Å². The Hall–Kier alpha value is -1.84. The molecule has 4 heteroatoms. The number of halogens is 1. The maximum atomic E-state index is 10.6. The summed E-state index contributed by atoms with van der Waals surface area (Å²) < 4.78 is 1.90. The number of aliphatic hydroxyl groups is 1. The third kappa shape index (κ3) is 4.58. The number of hydrogen-bond acceptors (Lipinski definition) is 2. The standard InChI is InChI=1S/C18H21ClN2O/c1-2-3-4-5-6-10-17(22)18(21-12-11-20-14-21)15-8-7-9-16(19)13-15/h2-3,6-14,17-18,22H,4-5H2,1H3. The first kappa shape index (κ1) is 16.5. The molecule has 0 aliphatic heterocycles. The van der Waals surface area contributed by atoms with E-state index in [2.05, 4.69) is 11.1 Å². The van der Waals surface area contributed by atoms with Crippen LogP contribution in [0.3, 0.4) is 0 Å². The van der Waals surface area contributed by atoms with Gasteiger partial charge in [0.05, 0.1) is 18.5 Å². The van der Waals surface area contributed by atoms with Crippen molar-refractivity contribution in [3.05, 3.63) is 77.9 Å². The van der Waals surface area contributed by atoms with Gasteiger partial charge in [-0.2, -0.15) is 0 Å². The predicted octanol–water partition coefficient (Wildman–Crippen LogP) is 4.40. The fourth-order valence-corrected chi connectivity index (χ4v) is 2.57. The average molecular weight is 317 g/mol. The number of aliphatic hydroxyl groups excluding tert-OH is 1. The van der Waals surface area contributed by atoms with Crippen molar-refractivity contribution in [1.29, 1.82) is 0 Å². The molecule has 0 bridgehead atoms. The smallest absolute Gasteiger partial charge is 0.0970 e. The van der Waals surface area contributed by atoms with E-state index in [0.29, 0.717) is 5.02 Å². The molecule has 0 aliphatic rings. The number of unbranched alkanes of at least 4 members (excludes halogenated alkanes) is 1. The summed E-state index contributed by atoms with van der Waals surface area (Å²) >= 11 is 6.08. The summed E-state index contributed by atoms with van der Waals surface area (Å²) in [7, 11) is 0. The van der Waals surface area contributed by atoms with Crippen molar-refractivity contribution >= 4 is 11.6 Å². The first-order chi connectivity index (χ1) is 10.7. The lowest BCUT2D eigenvalue weighted by Gasteiger charge is -2.22. The molecule has 2 aromatic rings. The van der Waals surface area contributed by atoms with Gasteiger partial charge in [-0.15, -0.1) is 0 Å². The Morgan fingerprint density at radius 2 is 2.14 bits per heavy atom. The molecule has 1 heterocycles. The number of allylic oxidation sites excluding steroid dienone is 3. The molecular formula is C18H21ClN2O. The lowest BCUT2D eigenvalue weighted by Crippen LogP contribution is -2.22. The van der Waals surface area contributed by atoms with Crippen molar-refractivity contribution in [3.8, 4) is 0 Å². The van der Waals surface area contributed by atoms with Crippen LogP contribution in [-0.4, -0.2) is 20.8 Å². The minimum atomic E-state index is -0.640. The van der Waals surface area contributed by atoms with Gasteiger partial charge in [0, 0.05) is 17.4 Å².